The lowest BCUT2D eigenvalue weighted by molar-refractivity contribution is -0.136. The van der Waals surface area contributed by atoms with Gasteiger partial charge in [0.2, 0.25) is 12.3 Å². The summed E-state index contributed by atoms with van der Waals surface area (Å²) < 4.78 is 25.4. The molecule has 0 saturated carbocycles. The molecule has 1 atom stereocenters. The largest absolute Gasteiger partial charge is 0.343 e. The van der Waals surface area contributed by atoms with E-state index in [1.54, 1.807) is 4.90 Å². The van der Waals surface area contributed by atoms with Gasteiger partial charge in [0, 0.05) is 26.2 Å². The molecule has 1 heterocycles. The molecule has 0 radical (unpaired) electrons. The van der Waals surface area contributed by atoms with Crippen LogP contribution in [-0.2, 0) is 9.59 Å². The van der Waals surface area contributed by atoms with Crippen molar-refractivity contribution in [3.63, 3.8) is 0 Å². The second-order valence-corrected chi connectivity index (χ2v) is 5.01. The molecule has 0 aromatic carbocycles. The van der Waals surface area contributed by atoms with Crippen LogP contribution in [0.15, 0.2) is 0 Å². The van der Waals surface area contributed by atoms with Crippen molar-refractivity contribution in [3.8, 4) is 0 Å². The Balaban J connectivity index is 2.51. The minimum absolute atomic E-state index is 0.332. The maximum absolute atomic E-state index is 12.7. The molecule has 98 valence electrons. The summed E-state index contributed by atoms with van der Waals surface area (Å²) in [6.45, 7) is 1.91. The minimum Gasteiger partial charge on any atom is -0.343 e. The van der Waals surface area contributed by atoms with Gasteiger partial charge in [-0.25, -0.2) is 8.78 Å². The summed E-state index contributed by atoms with van der Waals surface area (Å²) in [4.78, 5) is 25.2. The molecule has 0 aromatic rings. The average molecular weight is 266 g/mol. The number of alkyl halides is 2. The molecule has 0 N–H and O–H groups in total. The summed E-state index contributed by atoms with van der Waals surface area (Å²) >= 11 is 0. The highest BCUT2D eigenvalue weighted by atomic mass is 31.0. The predicted octanol–water partition coefficient (Wildman–Crippen LogP) is 0.925. The van der Waals surface area contributed by atoms with Crippen LogP contribution in [0.2, 0.25) is 0 Å². The first kappa shape index (κ1) is 14.3. The van der Waals surface area contributed by atoms with Crippen LogP contribution < -0.4 is 0 Å². The van der Waals surface area contributed by atoms with Gasteiger partial charge in [0.1, 0.15) is 0 Å². The zero-order valence-electron chi connectivity index (χ0n) is 9.57. The third-order valence-electron chi connectivity index (χ3n) is 2.67. The lowest BCUT2D eigenvalue weighted by Gasteiger charge is -2.29. The fourth-order valence-corrected chi connectivity index (χ4v) is 1.93. The van der Waals surface area contributed by atoms with Gasteiger partial charge in [-0.05, 0) is 12.8 Å². The molecular weight excluding hydrogens is 249 g/mol. The Morgan fingerprint density at radius 2 is 1.88 bits per heavy atom. The third-order valence-corrected chi connectivity index (χ3v) is 2.87. The minimum atomic E-state index is -3.05. The Hall–Kier alpha value is -0.770. The summed E-state index contributed by atoms with van der Waals surface area (Å²) in [5.41, 5.74) is -3.05. The van der Waals surface area contributed by atoms with E-state index in [-0.39, 0.29) is 0 Å². The van der Waals surface area contributed by atoms with Gasteiger partial charge >= 0.3 is 0 Å². The zero-order chi connectivity index (χ0) is 12.9. The molecule has 1 aliphatic rings. The van der Waals surface area contributed by atoms with Gasteiger partial charge in [-0.15, -0.1) is 0 Å². The number of halogens is 2. The highest BCUT2D eigenvalue weighted by molar-refractivity contribution is 7.18. The van der Waals surface area contributed by atoms with Crippen molar-refractivity contribution >= 4 is 21.6 Å². The Morgan fingerprint density at radius 3 is 2.47 bits per heavy atom. The van der Waals surface area contributed by atoms with E-state index in [0.717, 1.165) is 19.3 Å². The summed E-state index contributed by atoms with van der Waals surface area (Å²) in [5, 5.41) is 0. The molecule has 0 aliphatic carbocycles. The third kappa shape index (κ3) is 5.39. The van der Waals surface area contributed by atoms with Crippen LogP contribution >= 0.6 is 9.24 Å². The Labute approximate surface area is 102 Å². The van der Waals surface area contributed by atoms with E-state index in [1.165, 1.54) is 14.1 Å². The standard InChI is InChI=1S/C10H17F2N2O2P/c11-10(12,17)7-9(16)14-4-2-1-3-13(8-15)5-6-14/h8H,1-7,17H2. The number of carbonyl (C=O) groups excluding carboxylic acids is 2. The van der Waals surface area contributed by atoms with Gasteiger partial charge in [-0.1, -0.05) is 9.24 Å². The molecule has 2 amide bonds. The smallest absolute Gasteiger partial charge is 0.267 e. The van der Waals surface area contributed by atoms with Gasteiger partial charge in [-0.3, -0.25) is 9.59 Å². The van der Waals surface area contributed by atoms with Crippen LogP contribution in [0.25, 0.3) is 0 Å². The first-order valence-corrected chi connectivity index (χ1v) is 6.14. The van der Waals surface area contributed by atoms with Crippen molar-refractivity contribution in [2.45, 2.75) is 24.9 Å². The zero-order valence-corrected chi connectivity index (χ0v) is 10.7. The molecule has 1 rings (SSSR count). The lowest BCUT2D eigenvalue weighted by Crippen LogP contribution is -2.42. The SMILES string of the molecule is O=CN1CCCCN(C(=O)CC(F)(F)P)CC1. The van der Waals surface area contributed by atoms with Gasteiger partial charge in [0.15, 0.2) is 0 Å². The Bertz CT molecular complexity index is 284. The first-order chi connectivity index (χ1) is 7.92. The maximum atomic E-state index is 12.7. The molecule has 1 saturated heterocycles. The number of hydrogen-bond donors (Lipinski definition) is 0. The van der Waals surface area contributed by atoms with Crippen LogP contribution in [0.5, 0.6) is 0 Å². The van der Waals surface area contributed by atoms with Crippen LogP contribution in [0.1, 0.15) is 19.3 Å². The first-order valence-electron chi connectivity index (χ1n) is 5.56. The second kappa shape index (κ2) is 6.24. The average Bonchev–Trinajstić information content (AvgIpc) is 2.14. The summed E-state index contributed by atoms with van der Waals surface area (Å²) in [5.74, 6) is -0.558. The summed E-state index contributed by atoms with van der Waals surface area (Å²) in [6.07, 6.45) is 1.47. The number of hydrogen-bond acceptors (Lipinski definition) is 2. The van der Waals surface area contributed by atoms with Gasteiger partial charge < -0.3 is 9.80 Å². The molecule has 0 spiro atoms. The molecule has 1 aliphatic heterocycles. The summed E-state index contributed by atoms with van der Waals surface area (Å²) in [7, 11) is 1.37. The van der Waals surface area contributed by atoms with E-state index >= 15 is 0 Å². The number of nitrogens with zero attached hydrogens (tertiary/aromatic N) is 2. The molecular formula is C10H17F2N2O2P. The monoisotopic (exact) mass is 266 g/mol. The van der Waals surface area contributed by atoms with E-state index in [4.69, 9.17) is 0 Å². The molecule has 4 nitrogen and oxygen atoms in total. The molecule has 1 unspecified atom stereocenters. The van der Waals surface area contributed by atoms with Crippen molar-refractivity contribution in [2.75, 3.05) is 26.2 Å². The second-order valence-electron chi connectivity index (χ2n) is 4.17. The highest BCUT2D eigenvalue weighted by Gasteiger charge is 2.29. The van der Waals surface area contributed by atoms with Crippen molar-refractivity contribution in [3.05, 3.63) is 0 Å². The van der Waals surface area contributed by atoms with Crippen LogP contribution in [0.4, 0.5) is 8.78 Å². The quantitative estimate of drug-likeness (QED) is 0.563. The highest BCUT2D eigenvalue weighted by Crippen LogP contribution is 2.27. The maximum Gasteiger partial charge on any atom is 0.267 e. The van der Waals surface area contributed by atoms with E-state index in [2.05, 4.69) is 0 Å². The van der Waals surface area contributed by atoms with E-state index < -0.39 is 18.0 Å². The normalized spacial score (nSPS) is 18.5. The van der Waals surface area contributed by atoms with E-state index in [9.17, 15) is 18.4 Å². The van der Waals surface area contributed by atoms with Gasteiger partial charge in [0.25, 0.3) is 5.66 Å². The van der Waals surface area contributed by atoms with E-state index in [0.29, 0.717) is 26.2 Å². The Kier molecular flexibility index (Phi) is 5.25. The van der Waals surface area contributed by atoms with Crippen LogP contribution in [-0.4, -0.2) is 54.0 Å². The molecule has 0 bridgehead atoms. The van der Waals surface area contributed by atoms with Crippen molar-refractivity contribution < 1.29 is 18.4 Å². The fourth-order valence-electron chi connectivity index (χ4n) is 1.76. The predicted molar refractivity (Wildman–Crippen MR) is 62.7 cm³/mol. The topological polar surface area (TPSA) is 40.6 Å². The number of rotatable bonds is 3. The fraction of sp³-hybridized carbons (Fsp3) is 0.800. The Morgan fingerprint density at radius 1 is 1.24 bits per heavy atom. The molecule has 17 heavy (non-hydrogen) atoms. The van der Waals surface area contributed by atoms with Crippen molar-refractivity contribution in [2.24, 2.45) is 0 Å². The summed E-state index contributed by atoms with van der Waals surface area (Å²) in [6, 6.07) is 0. The van der Waals surface area contributed by atoms with Crippen molar-refractivity contribution in [1.29, 1.82) is 0 Å². The van der Waals surface area contributed by atoms with Crippen LogP contribution in [0.3, 0.4) is 0 Å². The molecule has 1 fully saturated rings. The number of carbonyl (C=O) groups is 2. The molecule has 0 aromatic heterocycles. The van der Waals surface area contributed by atoms with Crippen LogP contribution in [0, 0.1) is 0 Å². The lowest BCUT2D eigenvalue weighted by atomic mass is 10.2. The van der Waals surface area contributed by atoms with Crippen molar-refractivity contribution in [1.82, 2.24) is 9.80 Å². The van der Waals surface area contributed by atoms with E-state index in [1.807, 2.05) is 0 Å². The van der Waals surface area contributed by atoms with Gasteiger partial charge in [0.05, 0.1) is 6.42 Å². The molecule has 7 heteroatoms. The van der Waals surface area contributed by atoms with Gasteiger partial charge in [-0.2, -0.15) is 0 Å². The number of amides is 2.